The first-order chi connectivity index (χ1) is 20.2. The third-order valence-corrected chi connectivity index (χ3v) is 13.7. The van der Waals surface area contributed by atoms with Gasteiger partial charge >= 0.3 is 0 Å². The lowest BCUT2D eigenvalue weighted by Gasteiger charge is -2.51. The van der Waals surface area contributed by atoms with Gasteiger partial charge in [-0.2, -0.15) is 0 Å². The molecule has 3 aromatic rings. The van der Waals surface area contributed by atoms with E-state index in [1.807, 2.05) is 42.0 Å². The van der Waals surface area contributed by atoms with Gasteiger partial charge in [-0.15, -0.1) is 0 Å². The van der Waals surface area contributed by atoms with Gasteiger partial charge in [0.05, 0.1) is 37.0 Å². The minimum absolute atomic E-state index is 0.119. The Morgan fingerprint density at radius 2 is 1.74 bits per heavy atom. The number of ether oxygens (including phenoxy) is 1. The molecule has 1 aromatic heterocycles. The van der Waals surface area contributed by atoms with Crippen molar-refractivity contribution in [2.75, 3.05) is 7.11 Å². The van der Waals surface area contributed by atoms with E-state index in [1.165, 1.54) is 0 Å². The highest BCUT2D eigenvalue weighted by Gasteiger charge is 2.48. The van der Waals surface area contributed by atoms with Crippen LogP contribution in [0.3, 0.4) is 0 Å². The second-order valence-corrected chi connectivity index (χ2v) is 17.9. The highest BCUT2D eigenvalue weighted by Crippen LogP contribution is 2.46. The van der Waals surface area contributed by atoms with Gasteiger partial charge in [-0.05, 0) is 92.2 Å². The number of methoxy groups -OCH3 is 1. The van der Waals surface area contributed by atoms with Crippen molar-refractivity contribution in [3.63, 3.8) is 0 Å². The minimum atomic E-state index is -2.34. The molecule has 3 unspecified atom stereocenters. The van der Waals surface area contributed by atoms with Gasteiger partial charge in [0, 0.05) is 17.8 Å². The van der Waals surface area contributed by atoms with Crippen molar-refractivity contribution in [2.45, 2.75) is 89.7 Å². The Hall–Kier alpha value is -3.37. The molecule has 2 aliphatic rings. The van der Waals surface area contributed by atoms with Crippen LogP contribution in [0.5, 0.6) is 5.75 Å². The van der Waals surface area contributed by atoms with Crippen molar-refractivity contribution in [1.29, 1.82) is 0 Å². The Balaban J connectivity index is 1.53. The summed E-state index contributed by atoms with van der Waals surface area (Å²) in [5.74, 6) is -3.65. The van der Waals surface area contributed by atoms with E-state index in [0.29, 0.717) is 37.0 Å². The first-order valence-electron chi connectivity index (χ1n) is 14.7. The molecule has 2 saturated heterocycles. The fourth-order valence-electron chi connectivity index (χ4n) is 5.92. The van der Waals surface area contributed by atoms with Gasteiger partial charge in [-0.1, -0.05) is 26.8 Å². The fourth-order valence-corrected chi connectivity index (χ4v) is 7.27. The van der Waals surface area contributed by atoms with Crippen molar-refractivity contribution in [3.8, 4) is 11.4 Å². The van der Waals surface area contributed by atoms with Crippen LogP contribution in [-0.4, -0.2) is 47.9 Å². The summed E-state index contributed by atoms with van der Waals surface area (Å²) in [7, 11) is -0.744. The average Bonchev–Trinajstić information content (AvgIpc) is 3.38. The molecule has 3 atom stereocenters. The molecule has 1 amide bonds. The van der Waals surface area contributed by atoms with E-state index in [2.05, 4.69) is 38.8 Å². The van der Waals surface area contributed by atoms with Gasteiger partial charge < -0.3 is 18.6 Å². The Kier molecular flexibility index (Phi) is 8.39. The fraction of sp³-hybridized carbons (Fsp3) is 0.455. The maximum atomic E-state index is 14.6. The van der Waals surface area contributed by atoms with Crippen LogP contribution >= 0.6 is 0 Å². The SMILES string of the molecule is COc1cc(/C=C2\CCC3CCC(O[Si](C)(C)C(C)(C)C)C(c4cc(F)c(F)c(F)c4)N3C2=O)ccc1-n1cnc(C)c1. The monoisotopic (exact) mass is 611 g/mol. The maximum Gasteiger partial charge on any atom is 0.250 e. The topological polar surface area (TPSA) is 56.6 Å². The summed E-state index contributed by atoms with van der Waals surface area (Å²) in [6, 6.07) is 6.86. The predicted molar refractivity (Wildman–Crippen MR) is 163 cm³/mol. The molecule has 0 radical (unpaired) electrons. The molecule has 0 bridgehead atoms. The van der Waals surface area contributed by atoms with Gasteiger partial charge in [0.25, 0.3) is 5.91 Å². The lowest BCUT2D eigenvalue weighted by Crippen LogP contribution is -2.56. The normalized spacial score (nSPS) is 22.2. The lowest BCUT2D eigenvalue weighted by molar-refractivity contribution is -0.141. The molecule has 0 saturated carbocycles. The van der Waals surface area contributed by atoms with Crippen molar-refractivity contribution in [1.82, 2.24) is 14.5 Å². The number of benzene rings is 2. The average molecular weight is 612 g/mol. The number of carbonyl (C=O) groups excluding carboxylic acids is 1. The van der Waals surface area contributed by atoms with E-state index in [0.717, 1.165) is 29.1 Å². The number of amides is 1. The summed E-state index contributed by atoms with van der Waals surface area (Å²) in [6.07, 6.45) is 7.62. The largest absolute Gasteiger partial charge is 0.495 e. The Bertz CT molecular complexity index is 1540. The van der Waals surface area contributed by atoms with Crippen LogP contribution in [0.15, 0.2) is 48.4 Å². The van der Waals surface area contributed by atoms with E-state index in [1.54, 1.807) is 18.3 Å². The number of fused-ring (bicyclic) bond motifs is 1. The summed E-state index contributed by atoms with van der Waals surface area (Å²) in [6.45, 7) is 12.5. The Morgan fingerprint density at radius 1 is 1.05 bits per heavy atom. The second kappa shape index (κ2) is 11.6. The standard InChI is InChI=1S/C33H40F3N3O3Si/c1-20-18-38(19-37-20)27-12-8-21(15-29(27)41-5)14-22-9-10-24-11-13-28(42-43(6,7)33(2,3)4)31(39(24)32(22)40)23-16-25(34)30(36)26(35)17-23/h8,12,14-19,24,28,31H,9-11,13H2,1-7H3/b22-14+. The van der Waals surface area contributed by atoms with Gasteiger partial charge in [-0.25, -0.2) is 18.2 Å². The summed E-state index contributed by atoms with van der Waals surface area (Å²) >= 11 is 0. The summed E-state index contributed by atoms with van der Waals surface area (Å²) in [5, 5.41) is -0.120. The molecule has 230 valence electrons. The molecule has 0 N–H and O–H groups in total. The van der Waals surface area contributed by atoms with Crippen LogP contribution < -0.4 is 4.74 Å². The number of carbonyl (C=O) groups is 1. The van der Waals surface area contributed by atoms with Gasteiger partial charge in [0.15, 0.2) is 25.8 Å². The zero-order chi connectivity index (χ0) is 31.3. The van der Waals surface area contributed by atoms with Crippen LogP contribution in [0.4, 0.5) is 13.2 Å². The van der Waals surface area contributed by atoms with E-state index in [9.17, 15) is 18.0 Å². The molecule has 2 fully saturated rings. The molecule has 0 aliphatic carbocycles. The minimum Gasteiger partial charge on any atom is -0.495 e. The number of halogens is 3. The molecular formula is C33H40F3N3O3Si. The molecule has 6 nitrogen and oxygen atoms in total. The molecular weight excluding hydrogens is 571 g/mol. The summed E-state index contributed by atoms with van der Waals surface area (Å²) < 4.78 is 57.6. The second-order valence-electron chi connectivity index (χ2n) is 13.2. The number of imidazole rings is 1. The Labute approximate surface area is 252 Å². The highest BCUT2D eigenvalue weighted by atomic mass is 28.4. The molecule has 3 heterocycles. The van der Waals surface area contributed by atoms with Crippen LogP contribution in [0.2, 0.25) is 18.1 Å². The third kappa shape index (κ3) is 6.04. The Morgan fingerprint density at radius 3 is 2.35 bits per heavy atom. The van der Waals surface area contributed by atoms with Crippen LogP contribution in [-0.2, 0) is 9.22 Å². The van der Waals surface area contributed by atoms with Crippen LogP contribution in [0.25, 0.3) is 11.8 Å². The smallest absolute Gasteiger partial charge is 0.250 e. The maximum absolute atomic E-state index is 14.6. The number of hydrogen-bond acceptors (Lipinski definition) is 4. The van der Waals surface area contributed by atoms with Gasteiger partial charge in [0.1, 0.15) is 5.75 Å². The summed E-state index contributed by atoms with van der Waals surface area (Å²) in [4.78, 5) is 20.3. The lowest BCUT2D eigenvalue weighted by atomic mass is 9.82. The first kappa shape index (κ1) is 31.1. The van der Waals surface area contributed by atoms with Gasteiger partial charge in [0.2, 0.25) is 0 Å². The third-order valence-electron chi connectivity index (χ3n) is 9.22. The molecule has 2 aliphatic heterocycles. The van der Waals surface area contributed by atoms with E-state index < -0.39 is 37.9 Å². The zero-order valence-corrected chi connectivity index (χ0v) is 26.9. The van der Waals surface area contributed by atoms with Crippen molar-refractivity contribution in [2.24, 2.45) is 0 Å². The number of aromatic nitrogens is 2. The number of piperidine rings is 2. The zero-order valence-electron chi connectivity index (χ0n) is 25.9. The summed E-state index contributed by atoms with van der Waals surface area (Å²) in [5.41, 5.74) is 3.29. The van der Waals surface area contributed by atoms with E-state index >= 15 is 0 Å². The molecule has 5 rings (SSSR count). The van der Waals surface area contributed by atoms with Crippen molar-refractivity contribution < 1.29 is 27.1 Å². The quantitative estimate of drug-likeness (QED) is 0.162. The van der Waals surface area contributed by atoms with Crippen LogP contribution in [0, 0.1) is 24.4 Å². The first-order valence-corrected chi connectivity index (χ1v) is 17.7. The number of nitrogens with zero attached hydrogens (tertiary/aromatic N) is 3. The van der Waals surface area contributed by atoms with Crippen molar-refractivity contribution in [3.05, 3.63) is 82.7 Å². The number of aryl methyl sites for hydroxylation is 1. The highest BCUT2D eigenvalue weighted by molar-refractivity contribution is 6.74. The number of hydrogen-bond donors (Lipinski definition) is 0. The van der Waals surface area contributed by atoms with Gasteiger partial charge in [-0.3, -0.25) is 4.79 Å². The molecule has 10 heteroatoms. The van der Waals surface area contributed by atoms with E-state index in [-0.39, 0.29) is 22.6 Å². The van der Waals surface area contributed by atoms with Crippen molar-refractivity contribution >= 4 is 20.3 Å². The molecule has 2 aromatic carbocycles. The molecule has 0 spiro atoms. The van der Waals surface area contributed by atoms with E-state index in [4.69, 9.17) is 9.16 Å². The van der Waals surface area contributed by atoms with Crippen LogP contribution in [0.1, 0.15) is 69.3 Å². The molecule has 43 heavy (non-hydrogen) atoms. The predicted octanol–water partition coefficient (Wildman–Crippen LogP) is 7.91. The number of rotatable bonds is 6.